The summed E-state index contributed by atoms with van der Waals surface area (Å²) in [6.07, 6.45) is -0.104. The highest BCUT2D eigenvalue weighted by molar-refractivity contribution is 6.52. The van der Waals surface area contributed by atoms with E-state index in [1.165, 1.54) is 25.2 Å². The van der Waals surface area contributed by atoms with E-state index in [9.17, 15) is 14.7 Å². The molecule has 1 atom stereocenters. The molecule has 1 unspecified atom stereocenters. The number of carbonyl (C=O) groups is 2. The van der Waals surface area contributed by atoms with Gasteiger partial charge < -0.3 is 24.2 Å². The molecule has 1 aliphatic rings. The van der Waals surface area contributed by atoms with Crippen LogP contribution >= 0.6 is 23.2 Å². The fourth-order valence-electron chi connectivity index (χ4n) is 4.65. The largest absolute Gasteiger partial charge is 0.507 e. The Hall–Kier alpha value is -3.88. The average Bonchev–Trinajstić information content (AvgIpc) is 3.18. The highest BCUT2D eigenvalue weighted by Crippen LogP contribution is 2.48. The van der Waals surface area contributed by atoms with Crippen LogP contribution in [-0.4, -0.2) is 51.2 Å². The third-order valence-corrected chi connectivity index (χ3v) is 7.05. The number of aliphatic hydroxyl groups excluding tert-OH is 1. The number of methoxy groups -OCH3 is 2. The van der Waals surface area contributed by atoms with Crippen molar-refractivity contribution in [2.75, 3.05) is 38.1 Å². The van der Waals surface area contributed by atoms with Crippen LogP contribution < -0.4 is 24.0 Å². The van der Waals surface area contributed by atoms with E-state index in [1.54, 1.807) is 36.4 Å². The standard InChI is InChI=1S/C30H30Cl2N2O6/c1-16(2)40-20-9-7-8-17(14-20)25-23(26(35)21-15-22(31)29(39-6)24(32)28(21)38-5)27(36)30(37)34(25)19-12-10-18(11-13-19)33(3)4/h7-16,25,35H,1-6H3/b26-23+. The van der Waals surface area contributed by atoms with Crippen LogP contribution in [-0.2, 0) is 9.59 Å². The molecule has 40 heavy (non-hydrogen) atoms. The smallest absolute Gasteiger partial charge is 0.300 e. The molecule has 0 aliphatic carbocycles. The zero-order valence-electron chi connectivity index (χ0n) is 23.0. The van der Waals surface area contributed by atoms with Crippen molar-refractivity contribution in [3.05, 3.63) is 81.3 Å². The van der Waals surface area contributed by atoms with Crippen molar-refractivity contribution in [3.8, 4) is 17.2 Å². The lowest BCUT2D eigenvalue weighted by molar-refractivity contribution is -0.132. The summed E-state index contributed by atoms with van der Waals surface area (Å²) < 4.78 is 16.6. The normalized spacial score (nSPS) is 16.4. The summed E-state index contributed by atoms with van der Waals surface area (Å²) in [5.74, 6) is -1.43. The molecule has 4 rings (SSSR count). The molecule has 1 fully saturated rings. The Labute approximate surface area is 243 Å². The molecule has 1 amide bonds. The van der Waals surface area contributed by atoms with Crippen LogP contribution in [0.5, 0.6) is 17.2 Å². The van der Waals surface area contributed by atoms with Gasteiger partial charge in [-0.1, -0.05) is 35.3 Å². The van der Waals surface area contributed by atoms with Gasteiger partial charge >= 0.3 is 0 Å². The maximum absolute atomic E-state index is 13.6. The Morgan fingerprint density at radius 1 is 0.975 bits per heavy atom. The van der Waals surface area contributed by atoms with E-state index < -0.39 is 23.5 Å². The molecule has 0 spiro atoms. The highest BCUT2D eigenvalue weighted by atomic mass is 35.5. The fraction of sp³-hybridized carbons (Fsp3) is 0.267. The molecule has 3 aromatic carbocycles. The van der Waals surface area contributed by atoms with Crippen molar-refractivity contribution in [2.24, 2.45) is 0 Å². The van der Waals surface area contributed by atoms with Gasteiger partial charge in [0.25, 0.3) is 11.7 Å². The number of hydrogen-bond acceptors (Lipinski definition) is 7. The Balaban J connectivity index is 1.99. The zero-order chi connectivity index (χ0) is 29.3. The van der Waals surface area contributed by atoms with E-state index in [4.69, 9.17) is 37.4 Å². The first kappa shape index (κ1) is 29.1. The number of aliphatic hydroxyl groups is 1. The third kappa shape index (κ3) is 5.29. The lowest BCUT2D eigenvalue weighted by Gasteiger charge is -2.26. The number of carbonyl (C=O) groups excluding carboxylic acids is 2. The van der Waals surface area contributed by atoms with Crippen LogP contribution in [0.15, 0.2) is 60.2 Å². The van der Waals surface area contributed by atoms with E-state index in [2.05, 4.69) is 0 Å². The summed E-state index contributed by atoms with van der Waals surface area (Å²) >= 11 is 12.9. The Morgan fingerprint density at radius 3 is 2.20 bits per heavy atom. The third-order valence-electron chi connectivity index (χ3n) is 6.43. The number of rotatable bonds is 8. The summed E-state index contributed by atoms with van der Waals surface area (Å²) in [5, 5.41) is 11.8. The van der Waals surface area contributed by atoms with Crippen LogP contribution in [0.1, 0.15) is 31.0 Å². The number of ketones is 1. The number of hydrogen-bond donors (Lipinski definition) is 1. The van der Waals surface area contributed by atoms with Gasteiger partial charge in [-0.25, -0.2) is 0 Å². The second-order valence-electron chi connectivity index (χ2n) is 9.61. The minimum absolute atomic E-state index is 0.0106. The van der Waals surface area contributed by atoms with Crippen LogP contribution in [0.25, 0.3) is 5.76 Å². The van der Waals surface area contributed by atoms with Gasteiger partial charge in [0.1, 0.15) is 16.5 Å². The summed E-state index contributed by atoms with van der Waals surface area (Å²) in [6, 6.07) is 14.6. The molecule has 0 aromatic heterocycles. The summed E-state index contributed by atoms with van der Waals surface area (Å²) in [7, 11) is 6.56. The number of benzene rings is 3. The van der Waals surface area contributed by atoms with Gasteiger partial charge in [0.05, 0.1) is 42.5 Å². The summed E-state index contributed by atoms with van der Waals surface area (Å²) in [6.45, 7) is 3.79. The zero-order valence-corrected chi connectivity index (χ0v) is 24.5. The molecular weight excluding hydrogens is 555 g/mol. The van der Waals surface area contributed by atoms with Crippen LogP contribution in [0.3, 0.4) is 0 Å². The van der Waals surface area contributed by atoms with E-state index in [0.717, 1.165) is 5.69 Å². The first-order chi connectivity index (χ1) is 19.0. The molecule has 1 N–H and O–H groups in total. The SMILES string of the molecule is COc1c(Cl)cc(/C(O)=C2\C(=O)C(=O)N(c3ccc(N(C)C)cc3)C2c2cccc(OC(C)C)c2)c(OC)c1Cl. The first-order valence-corrected chi connectivity index (χ1v) is 13.2. The van der Waals surface area contributed by atoms with Gasteiger partial charge in [-0.2, -0.15) is 0 Å². The van der Waals surface area contributed by atoms with Crippen molar-refractivity contribution >= 4 is 52.0 Å². The monoisotopic (exact) mass is 584 g/mol. The lowest BCUT2D eigenvalue weighted by Crippen LogP contribution is -2.29. The molecule has 210 valence electrons. The Bertz CT molecular complexity index is 1480. The number of nitrogens with zero attached hydrogens (tertiary/aromatic N) is 2. The molecule has 8 nitrogen and oxygen atoms in total. The van der Waals surface area contributed by atoms with Gasteiger partial charge in [0, 0.05) is 25.5 Å². The van der Waals surface area contributed by atoms with E-state index in [1.807, 2.05) is 45.0 Å². The van der Waals surface area contributed by atoms with Gasteiger partial charge in [-0.3, -0.25) is 14.5 Å². The topological polar surface area (TPSA) is 88.5 Å². The molecule has 0 radical (unpaired) electrons. The second kappa shape index (κ2) is 11.7. The van der Waals surface area contributed by atoms with Gasteiger partial charge in [0.2, 0.25) is 0 Å². The lowest BCUT2D eigenvalue weighted by atomic mass is 9.94. The Kier molecular flexibility index (Phi) is 8.51. The average molecular weight is 585 g/mol. The predicted octanol–water partition coefficient (Wildman–Crippen LogP) is 6.49. The predicted molar refractivity (Wildman–Crippen MR) is 157 cm³/mol. The molecule has 10 heteroatoms. The van der Waals surface area contributed by atoms with Gasteiger partial charge in [-0.15, -0.1) is 0 Å². The summed E-state index contributed by atoms with van der Waals surface area (Å²) in [5.41, 5.74) is 1.83. The van der Waals surface area contributed by atoms with E-state index in [-0.39, 0.29) is 38.8 Å². The van der Waals surface area contributed by atoms with Gasteiger partial charge in [0.15, 0.2) is 11.5 Å². The second-order valence-corrected chi connectivity index (χ2v) is 10.4. The number of ether oxygens (including phenoxy) is 3. The van der Waals surface area contributed by atoms with E-state index in [0.29, 0.717) is 17.0 Å². The molecular formula is C30H30Cl2N2O6. The van der Waals surface area contributed by atoms with Crippen molar-refractivity contribution in [1.29, 1.82) is 0 Å². The molecule has 1 aliphatic heterocycles. The van der Waals surface area contributed by atoms with Crippen molar-refractivity contribution < 1.29 is 28.9 Å². The maximum Gasteiger partial charge on any atom is 0.300 e. The van der Waals surface area contributed by atoms with Crippen molar-refractivity contribution in [3.63, 3.8) is 0 Å². The number of Topliss-reactive ketones (excluding diaryl/α,β-unsaturated/α-hetero) is 1. The molecule has 3 aromatic rings. The van der Waals surface area contributed by atoms with Crippen LogP contribution in [0, 0.1) is 0 Å². The molecule has 0 bridgehead atoms. The van der Waals surface area contributed by atoms with Crippen molar-refractivity contribution in [1.82, 2.24) is 0 Å². The number of amides is 1. The van der Waals surface area contributed by atoms with Gasteiger partial charge in [-0.05, 0) is 61.9 Å². The molecule has 1 saturated heterocycles. The number of anilines is 2. The van der Waals surface area contributed by atoms with E-state index >= 15 is 0 Å². The quantitative estimate of drug-likeness (QED) is 0.184. The minimum atomic E-state index is -0.995. The fourth-order valence-corrected chi connectivity index (χ4v) is 5.33. The Morgan fingerprint density at radius 2 is 1.62 bits per heavy atom. The van der Waals surface area contributed by atoms with Crippen LogP contribution in [0.4, 0.5) is 11.4 Å². The number of halogens is 2. The first-order valence-electron chi connectivity index (χ1n) is 12.4. The van der Waals surface area contributed by atoms with Crippen molar-refractivity contribution in [2.45, 2.75) is 26.0 Å². The van der Waals surface area contributed by atoms with Crippen LogP contribution in [0.2, 0.25) is 10.0 Å². The summed E-state index contributed by atoms with van der Waals surface area (Å²) in [4.78, 5) is 30.5. The maximum atomic E-state index is 13.6. The highest BCUT2D eigenvalue weighted by Gasteiger charge is 2.47. The molecule has 1 heterocycles. The minimum Gasteiger partial charge on any atom is -0.507 e. The molecule has 0 saturated carbocycles.